The fraction of sp³-hybridized carbons (Fsp3) is 0.412. The number of ketones is 2. The average Bonchev–Trinajstić information content (AvgIpc) is 2.46. The summed E-state index contributed by atoms with van der Waals surface area (Å²) in [6, 6.07) is 4.63. The number of nitrogens with two attached hydrogens (primary N) is 1. The number of carbonyl (C=O) groups is 4. The number of hydrogen-bond acceptors (Lipinski definition) is 4. The lowest BCUT2D eigenvalue weighted by molar-refractivity contribution is -0.118. The number of benzene rings is 1. The Morgan fingerprint density at radius 3 is 1.87 bits per heavy atom. The van der Waals surface area contributed by atoms with E-state index < -0.39 is 0 Å². The molecule has 0 aliphatic rings. The van der Waals surface area contributed by atoms with Crippen LogP contribution in [0.5, 0.6) is 0 Å². The molecule has 2 amide bonds. The molecule has 0 spiro atoms. The van der Waals surface area contributed by atoms with Gasteiger partial charge in [-0.1, -0.05) is 6.42 Å². The molecule has 0 aliphatic heterocycles. The van der Waals surface area contributed by atoms with E-state index in [1.54, 1.807) is 12.1 Å². The quantitative estimate of drug-likeness (QED) is 0.538. The molecule has 0 bridgehead atoms. The van der Waals surface area contributed by atoms with Crippen LogP contribution in [0.25, 0.3) is 0 Å². The lowest BCUT2D eigenvalue weighted by Crippen LogP contribution is -2.13. The van der Waals surface area contributed by atoms with Gasteiger partial charge in [0.1, 0.15) is 0 Å². The second-order valence-corrected chi connectivity index (χ2v) is 5.49. The molecule has 6 heteroatoms. The summed E-state index contributed by atoms with van der Waals surface area (Å²) < 4.78 is 0. The minimum absolute atomic E-state index is 0.171. The van der Waals surface area contributed by atoms with Gasteiger partial charge in [0.25, 0.3) is 0 Å². The molecule has 0 heterocycles. The van der Waals surface area contributed by atoms with Crippen LogP contribution in [0.15, 0.2) is 18.2 Å². The maximum atomic E-state index is 11.9. The minimum Gasteiger partial charge on any atom is -0.370 e. The molecule has 3 N–H and O–H groups in total. The third-order valence-electron chi connectivity index (χ3n) is 3.36. The largest absolute Gasteiger partial charge is 0.370 e. The Morgan fingerprint density at radius 1 is 0.870 bits per heavy atom. The Bertz CT molecular complexity index is 591. The highest BCUT2D eigenvalue weighted by molar-refractivity contribution is 6.02. The fourth-order valence-electron chi connectivity index (χ4n) is 2.09. The highest BCUT2D eigenvalue weighted by Crippen LogP contribution is 2.17. The second-order valence-electron chi connectivity index (χ2n) is 5.49. The van der Waals surface area contributed by atoms with Gasteiger partial charge in [0, 0.05) is 29.7 Å². The highest BCUT2D eigenvalue weighted by atomic mass is 16.2. The molecule has 0 saturated heterocycles. The first-order chi connectivity index (χ1) is 10.8. The summed E-state index contributed by atoms with van der Waals surface area (Å²) in [4.78, 5) is 45.5. The van der Waals surface area contributed by atoms with Crippen molar-refractivity contribution in [3.63, 3.8) is 0 Å². The van der Waals surface area contributed by atoms with Gasteiger partial charge < -0.3 is 11.1 Å². The summed E-state index contributed by atoms with van der Waals surface area (Å²) in [6.45, 7) is 2.81. The van der Waals surface area contributed by atoms with Gasteiger partial charge in [-0.15, -0.1) is 0 Å². The molecule has 0 atom stereocenters. The molecule has 23 heavy (non-hydrogen) atoms. The number of amides is 2. The number of primary amides is 1. The van der Waals surface area contributed by atoms with Gasteiger partial charge in [-0.3, -0.25) is 19.2 Å². The first kappa shape index (κ1) is 18.5. The number of unbranched alkanes of at least 4 members (excludes halogenated alkanes) is 2. The Labute approximate surface area is 135 Å². The van der Waals surface area contributed by atoms with Crippen LogP contribution in [0.1, 0.15) is 66.7 Å². The molecule has 0 aromatic heterocycles. The number of anilines is 1. The van der Waals surface area contributed by atoms with Crippen molar-refractivity contribution >= 4 is 29.1 Å². The van der Waals surface area contributed by atoms with Gasteiger partial charge in [0.15, 0.2) is 11.6 Å². The summed E-state index contributed by atoms with van der Waals surface area (Å²) in [5.41, 5.74) is 6.24. The zero-order valence-electron chi connectivity index (χ0n) is 13.5. The van der Waals surface area contributed by atoms with E-state index in [1.165, 1.54) is 19.9 Å². The number of nitrogens with one attached hydrogen (secondary N) is 1. The van der Waals surface area contributed by atoms with Crippen LogP contribution in [-0.2, 0) is 9.59 Å². The molecule has 0 aliphatic carbocycles. The van der Waals surface area contributed by atoms with E-state index in [9.17, 15) is 19.2 Å². The lowest BCUT2D eigenvalue weighted by Gasteiger charge is -2.08. The maximum Gasteiger partial charge on any atom is 0.224 e. The molecule has 1 rings (SSSR count). The van der Waals surface area contributed by atoms with Gasteiger partial charge in [0.05, 0.1) is 0 Å². The van der Waals surface area contributed by atoms with E-state index in [4.69, 9.17) is 5.73 Å². The van der Waals surface area contributed by atoms with Crippen molar-refractivity contribution in [2.45, 2.75) is 46.0 Å². The molecule has 0 unspecified atom stereocenters. The van der Waals surface area contributed by atoms with Gasteiger partial charge in [-0.25, -0.2) is 0 Å². The average molecular weight is 318 g/mol. The van der Waals surface area contributed by atoms with E-state index in [0.29, 0.717) is 42.5 Å². The maximum absolute atomic E-state index is 11.9. The van der Waals surface area contributed by atoms with Crippen LogP contribution in [0, 0.1) is 0 Å². The Morgan fingerprint density at radius 2 is 1.39 bits per heavy atom. The van der Waals surface area contributed by atoms with Gasteiger partial charge in [0.2, 0.25) is 11.8 Å². The number of hydrogen-bond donors (Lipinski definition) is 2. The molecular weight excluding hydrogens is 296 g/mol. The molecular formula is C17H22N2O4. The van der Waals surface area contributed by atoms with Crippen molar-refractivity contribution in [2.24, 2.45) is 5.73 Å². The van der Waals surface area contributed by atoms with Crippen molar-refractivity contribution in [2.75, 3.05) is 5.32 Å². The summed E-state index contributed by atoms with van der Waals surface area (Å²) in [7, 11) is 0. The zero-order valence-corrected chi connectivity index (χ0v) is 13.5. The van der Waals surface area contributed by atoms with Gasteiger partial charge in [-0.2, -0.15) is 0 Å². The van der Waals surface area contributed by atoms with Crippen LogP contribution in [-0.4, -0.2) is 23.4 Å². The highest BCUT2D eigenvalue weighted by Gasteiger charge is 2.10. The molecule has 6 nitrogen and oxygen atoms in total. The summed E-state index contributed by atoms with van der Waals surface area (Å²) in [5, 5.41) is 2.70. The van der Waals surface area contributed by atoms with Crippen molar-refractivity contribution in [1.82, 2.24) is 0 Å². The first-order valence-corrected chi connectivity index (χ1v) is 7.54. The SMILES string of the molecule is CC(=O)c1cc(NC(=O)CCCCCC(N)=O)cc(C(C)=O)c1. The Kier molecular flexibility index (Phi) is 7.12. The van der Waals surface area contributed by atoms with Crippen molar-refractivity contribution < 1.29 is 19.2 Å². The Hall–Kier alpha value is -2.50. The standard InChI is InChI=1S/C17H22N2O4/c1-11(20)13-8-14(12(2)21)10-15(9-13)19-17(23)7-5-3-4-6-16(18)22/h8-10H,3-7H2,1-2H3,(H2,18,22)(H,19,23). The third-order valence-corrected chi connectivity index (χ3v) is 3.36. The summed E-state index contributed by atoms with van der Waals surface area (Å²) >= 11 is 0. The molecule has 1 aromatic carbocycles. The van der Waals surface area contributed by atoms with Crippen molar-refractivity contribution in [3.05, 3.63) is 29.3 Å². The normalized spacial score (nSPS) is 10.2. The predicted octanol–water partition coefficient (Wildman–Crippen LogP) is 2.47. The number of rotatable bonds is 9. The van der Waals surface area contributed by atoms with E-state index in [0.717, 1.165) is 6.42 Å². The van der Waals surface area contributed by atoms with Crippen LogP contribution < -0.4 is 11.1 Å². The summed E-state index contributed by atoms with van der Waals surface area (Å²) in [5.74, 6) is -0.878. The third kappa shape index (κ3) is 6.86. The summed E-state index contributed by atoms with van der Waals surface area (Å²) in [6.07, 6.45) is 2.67. The topological polar surface area (TPSA) is 106 Å². The van der Waals surface area contributed by atoms with Crippen LogP contribution in [0.2, 0.25) is 0 Å². The van der Waals surface area contributed by atoms with Gasteiger partial charge in [-0.05, 0) is 44.9 Å². The number of Topliss-reactive ketones (excluding diaryl/α,β-unsaturated/α-hetero) is 2. The molecule has 0 fully saturated rings. The lowest BCUT2D eigenvalue weighted by atomic mass is 10.0. The molecule has 0 radical (unpaired) electrons. The van der Waals surface area contributed by atoms with Gasteiger partial charge >= 0.3 is 0 Å². The van der Waals surface area contributed by atoms with Crippen molar-refractivity contribution in [3.8, 4) is 0 Å². The predicted molar refractivity (Wildman–Crippen MR) is 87.4 cm³/mol. The van der Waals surface area contributed by atoms with Crippen LogP contribution in [0.4, 0.5) is 5.69 Å². The van der Waals surface area contributed by atoms with Crippen LogP contribution in [0.3, 0.4) is 0 Å². The Balaban J connectivity index is 2.61. The second kappa shape index (κ2) is 8.82. The van der Waals surface area contributed by atoms with Crippen LogP contribution >= 0.6 is 0 Å². The van der Waals surface area contributed by atoms with E-state index in [2.05, 4.69) is 5.32 Å². The molecule has 1 aromatic rings. The van der Waals surface area contributed by atoms with E-state index >= 15 is 0 Å². The zero-order chi connectivity index (χ0) is 17.4. The van der Waals surface area contributed by atoms with E-state index in [1.807, 2.05) is 0 Å². The minimum atomic E-state index is -0.340. The first-order valence-electron chi connectivity index (χ1n) is 7.54. The van der Waals surface area contributed by atoms with Crippen molar-refractivity contribution in [1.29, 1.82) is 0 Å². The smallest absolute Gasteiger partial charge is 0.224 e. The van der Waals surface area contributed by atoms with E-state index in [-0.39, 0.29) is 23.4 Å². The fourth-order valence-corrected chi connectivity index (χ4v) is 2.09. The number of carbonyl (C=O) groups excluding carboxylic acids is 4. The molecule has 124 valence electrons. The monoisotopic (exact) mass is 318 g/mol. The molecule has 0 saturated carbocycles.